The molecule has 4 amide bonds. The van der Waals surface area contributed by atoms with Crippen LogP contribution in [0.15, 0.2) is 115 Å². The van der Waals surface area contributed by atoms with Gasteiger partial charge in [-0.25, -0.2) is 4.98 Å². The Morgan fingerprint density at radius 2 is 1.47 bits per heavy atom. The third-order valence-electron chi connectivity index (χ3n) is 13.1. The van der Waals surface area contributed by atoms with Gasteiger partial charge in [0, 0.05) is 71.0 Å². The summed E-state index contributed by atoms with van der Waals surface area (Å²) in [5.74, 6) is 0.339. The number of likely N-dealkylation sites (tertiary alicyclic amines) is 1. The number of hydrogen-bond donors (Lipinski definition) is 3. The summed E-state index contributed by atoms with van der Waals surface area (Å²) in [5, 5.41) is 16.5. The van der Waals surface area contributed by atoms with Gasteiger partial charge in [-0.3, -0.25) is 24.1 Å². The van der Waals surface area contributed by atoms with Crippen LogP contribution in [-0.4, -0.2) is 118 Å². The van der Waals surface area contributed by atoms with E-state index in [4.69, 9.17) is 16.3 Å². The summed E-state index contributed by atoms with van der Waals surface area (Å²) >= 11 is 7.92. The first-order valence-electron chi connectivity index (χ1n) is 24.5. The molecule has 0 radical (unpaired) electrons. The van der Waals surface area contributed by atoms with E-state index in [2.05, 4.69) is 81.2 Å². The van der Waals surface area contributed by atoms with Crippen LogP contribution in [0.1, 0.15) is 87.2 Å². The van der Waals surface area contributed by atoms with E-state index in [-0.39, 0.29) is 43.7 Å². The van der Waals surface area contributed by atoms with Crippen molar-refractivity contribution in [1.29, 1.82) is 0 Å². The summed E-state index contributed by atoms with van der Waals surface area (Å²) in [5.41, 5.74) is 9.83. The number of benzene rings is 4. The number of carbonyl (C=O) groups excluding carboxylic acids is 4. The normalized spacial score (nSPS) is 17.2. The first-order chi connectivity index (χ1) is 33.8. The molecule has 2 saturated heterocycles. The molecule has 1 unspecified atom stereocenters. The lowest BCUT2D eigenvalue weighted by atomic mass is 9.85. The van der Waals surface area contributed by atoms with Gasteiger partial charge >= 0.3 is 0 Å². The summed E-state index contributed by atoms with van der Waals surface area (Å²) in [6.45, 7) is 11.9. The van der Waals surface area contributed by atoms with E-state index in [0.29, 0.717) is 44.8 Å². The maximum Gasteiger partial charge on any atom is 0.246 e. The van der Waals surface area contributed by atoms with Crippen LogP contribution >= 0.6 is 22.9 Å². The number of aromatic nitrogens is 1. The molecule has 0 spiro atoms. The Morgan fingerprint density at radius 3 is 2.10 bits per heavy atom. The van der Waals surface area contributed by atoms with E-state index < -0.39 is 29.5 Å². The molecule has 3 N–H and O–H groups in total. The van der Waals surface area contributed by atoms with Crippen molar-refractivity contribution in [1.82, 2.24) is 30.3 Å². The molecule has 2 aliphatic rings. The van der Waals surface area contributed by atoms with Crippen molar-refractivity contribution in [3.8, 4) is 16.2 Å². The highest BCUT2D eigenvalue weighted by atomic mass is 35.5. The van der Waals surface area contributed by atoms with E-state index in [1.165, 1.54) is 10.5 Å². The molecule has 2 aliphatic heterocycles. The zero-order valence-electron chi connectivity index (χ0n) is 40.9. The quantitative estimate of drug-likeness (QED) is 0.0400. The van der Waals surface area contributed by atoms with Gasteiger partial charge in [-0.05, 0) is 82.7 Å². The van der Waals surface area contributed by atoms with Crippen LogP contribution in [0.2, 0.25) is 0 Å². The molecule has 70 heavy (non-hydrogen) atoms. The van der Waals surface area contributed by atoms with Crippen molar-refractivity contribution >= 4 is 57.7 Å². The predicted octanol–water partition coefficient (Wildman–Crippen LogP) is 8.60. The van der Waals surface area contributed by atoms with Crippen molar-refractivity contribution in [2.75, 3.05) is 51.8 Å². The monoisotopic (exact) mass is 986 g/mol. The van der Waals surface area contributed by atoms with Gasteiger partial charge in [0.15, 0.2) is 0 Å². The number of carbonyl (C=O) groups is 4. The van der Waals surface area contributed by atoms with Crippen molar-refractivity contribution in [3.63, 3.8) is 0 Å². The second kappa shape index (κ2) is 24.8. The topological polar surface area (TPSA) is 144 Å². The average Bonchev–Trinajstić information content (AvgIpc) is 3.99. The Kier molecular flexibility index (Phi) is 18.4. The first kappa shape index (κ1) is 52.0. The van der Waals surface area contributed by atoms with Gasteiger partial charge < -0.3 is 30.3 Å². The predicted molar refractivity (Wildman–Crippen MR) is 279 cm³/mol. The molecule has 370 valence electrons. The Hall–Kier alpha value is -5.86. The van der Waals surface area contributed by atoms with E-state index in [9.17, 15) is 24.3 Å². The molecule has 12 nitrogen and oxygen atoms in total. The zero-order chi connectivity index (χ0) is 49.6. The lowest BCUT2D eigenvalue weighted by Gasteiger charge is -2.35. The van der Waals surface area contributed by atoms with Gasteiger partial charge in [0.2, 0.25) is 23.6 Å². The molecule has 0 saturated carbocycles. The maximum absolute atomic E-state index is 14.1. The highest BCUT2D eigenvalue weighted by Crippen LogP contribution is 2.36. The second-order valence-electron chi connectivity index (χ2n) is 19.3. The van der Waals surface area contributed by atoms with Crippen LogP contribution in [0.3, 0.4) is 0 Å². The summed E-state index contributed by atoms with van der Waals surface area (Å²) in [7, 11) is 0. The van der Waals surface area contributed by atoms with Crippen molar-refractivity contribution in [2.45, 2.75) is 91.0 Å². The fraction of sp³-hybridized carbons (Fsp3) is 0.411. The van der Waals surface area contributed by atoms with E-state index in [1.54, 1.807) is 11.3 Å². The second-order valence-corrected chi connectivity index (χ2v) is 20.5. The molecule has 7 rings (SSSR count). The smallest absolute Gasteiger partial charge is 0.246 e. The number of allylic oxidation sites excluding steroid dienone is 1. The Morgan fingerprint density at radius 1 is 0.829 bits per heavy atom. The summed E-state index contributed by atoms with van der Waals surface area (Å²) in [6.07, 6.45) is 1.52. The largest absolute Gasteiger partial charge is 0.492 e. The third kappa shape index (κ3) is 13.9. The number of piperazine rings is 1. The number of nitrogens with zero attached hydrogens (tertiary/aromatic N) is 4. The van der Waals surface area contributed by atoms with Crippen molar-refractivity contribution < 1.29 is 29.0 Å². The van der Waals surface area contributed by atoms with Crippen LogP contribution < -0.4 is 15.4 Å². The highest BCUT2D eigenvalue weighted by molar-refractivity contribution is 7.13. The molecule has 3 heterocycles. The molecule has 2 fully saturated rings. The van der Waals surface area contributed by atoms with Gasteiger partial charge in [-0.1, -0.05) is 118 Å². The van der Waals surface area contributed by atoms with E-state index in [0.717, 1.165) is 75.8 Å². The minimum Gasteiger partial charge on any atom is -0.492 e. The van der Waals surface area contributed by atoms with Crippen LogP contribution in [0.4, 0.5) is 0 Å². The molecular weight excluding hydrogens is 920 g/mol. The minimum absolute atomic E-state index is 0.00269. The number of aryl methyl sites for hydroxylation is 1. The summed E-state index contributed by atoms with van der Waals surface area (Å²) in [6, 6.07) is 35.2. The van der Waals surface area contributed by atoms with Crippen LogP contribution in [0, 0.1) is 12.3 Å². The molecule has 4 aromatic carbocycles. The van der Waals surface area contributed by atoms with Crippen LogP contribution in [0.25, 0.3) is 21.6 Å². The molecule has 0 aliphatic carbocycles. The van der Waals surface area contributed by atoms with Gasteiger partial charge in [0.05, 0.1) is 22.2 Å². The van der Waals surface area contributed by atoms with Gasteiger partial charge in [0.1, 0.15) is 24.4 Å². The average molecular weight is 988 g/mol. The third-order valence-corrected chi connectivity index (χ3v) is 14.3. The van der Waals surface area contributed by atoms with Gasteiger partial charge in [0.25, 0.3) is 0 Å². The minimum atomic E-state index is -0.914. The molecule has 3 atom stereocenters. The van der Waals surface area contributed by atoms with Crippen LogP contribution in [0.5, 0.6) is 5.75 Å². The highest BCUT2D eigenvalue weighted by Gasteiger charge is 2.44. The lowest BCUT2D eigenvalue weighted by Crippen LogP contribution is -2.57. The zero-order valence-corrected chi connectivity index (χ0v) is 42.4. The van der Waals surface area contributed by atoms with E-state index >= 15 is 0 Å². The standard InChI is InChI=1S/C56H67ClN6O6S/c1-39-52(70-38-59-39)44-21-19-40(20-22-44)36-58-54(67)48-35-45(64)37-63(48)55(68)53(56(2,3)4)60-49(65)17-11-12-18-50(66)62-31-29-61(30-32-62)33-34-69-46-25-23-43(24-26-46)51(42-15-9-6-10-16-42)47(27-28-57)41-13-7-5-8-14-41/h5-10,13-16,19-26,38,45,48,53,64H,11-12,17-18,27-37H2,1-4H3,(H,58,67)(H,60,65)/b51-47-/t45-,48+,53?/m1/s1. The Balaban J connectivity index is 0.818. The number of β-amino-alcohol motifs (C(OH)–C–C–N with tert-alkyl or cyclic N) is 1. The van der Waals surface area contributed by atoms with Crippen molar-refractivity contribution in [3.05, 3.63) is 143 Å². The number of hydrogen-bond acceptors (Lipinski definition) is 9. The number of ether oxygens (including phenoxy) is 1. The van der Waals surface area contributed by atoms with Gasteiger partial charge in [-0.15, -0.1) is 22.9 Å². The van der Waals surface area contributed by atoms with Crippen LogP contribution in [-0.2, 0) is 25.7 Å². The summed E-state index contributed by atoms with van der Waals surface area (Å²) < 4.78 is 6.20. The maximum atomic E-state index is 14.1. The number of aliphatic hydroxyl groups is 1. The molecule has 1 aromatic heterocycles. The number of rotatable bonds is 20. The lowest BCUT2D eigenvalue weighted by molar-refractivity contribution is -0.144. The fourth-order valence-corrected chi connectivity index (χ4v) is 10.2. The number of aliphatic hydroxyl groups excluding tert-OH is 1. The Labute approximate surface area is 422 Å². The number of alkyl halides is 1. The first-order valence-corrected chi connectivity index (χ1v) is 25.9. The number of amides is 4. The molecule has 0 bridgehead atoms. The van der Waals surface area contributed by atoms with Gasteiger partial charge in [-0.2, -0.15) is 0 Å². The Bertz CT molecular complexity index is 2540. The number of nitrogens with one attached hydrogen (secondary N) is 2. The number of halogens is 1. The van der Waals surface area contributed by atoms with E-state index in [1.807, 2.05) is 86.6 Å². The fourth-order valence-electron chi connectivity index (χ4n) is 9.23. The SMILES string of the molecule is Cc1ncsc1-c1ccc(CNC(=O)[C@@H]2C[C@@H](O)CN2C(=O)C(NC(=O)CCCCC(=O)N2CCN(CCOc3ccc(/C(=C(/CCCl)c4ccccc4)c4ccccc4)cc3)CC2)C(C)(C)C)cc1. The molecule has 5 aromatic rings. The summed E-state index contributed by atoms with van der Waals surface area (Å²) in [4.78, 5) is 65.1. The van der Waals surface area contributed by atoms with Crippen molar-refractivity contribution in [2.24, 2.45) is 5.41 Å². The molecule has 14 heteroatoms. The number of unbranched alkanes of at least 4 members (excludes halogenated alkanes) is 1. The molecular formula is C56H67ClN6O6S. The number of thiazole rings is 1.